The number of nitrogens with zero attached hydrogens (tertiary/aromatic N) is 2. The Balaban J connectivity index is 1.39. The normalized spacial score (nSPS) is 12.1. The van der Waals surface area contributed by atoms with E-state index in [1.165, 1.54) is 0 Å². The lowest BCUT2D eigenvalue weighted by molar-refractivity contribution is 0.171. The molecule has 0 bridgehead atoms. The zero-order valence-electron chi connectivity index (χ0n) is 14.1. The Morgan fingerprint density at radius 1 is 1.24 bits per heavy atom. The van der Waals surface area contributed by atoms with Gasteiger partial charge in [-0.2, -0.15) is 0 Å². The van der Waals surface area contributed by atoms with Crippen molar-refractivity contribution in [2.75, 3.05) is 19.7 Å². The van der Waals surface area contributed by atoms with E-state index in [1.54, 1.807) is 23.7 Å². The highest BCUT2D eigenvalue weighted by atomic mass is 32.1. The molecule has 1 aromatic carbocycles. The van der Waals surface area contributed by atoms with Crippen molar-refractivity contribution in [1.29, 1.82) is 0 Å². The van der Waals surface area contributed by atoms with Crippen molar-refractivity contribution in [1.82, 2.24) is 15.3 Å². The van der Waals surface area contributed by atoms with Crippen molar-refractivity contribution in [3.63, 3.8) is 0 Å². The maximum absolute atomic E-state index is 10.0. The van der Waals surface area contributed by atoms with Crippen LogP contribution in [0.5, 0.6) is 5.75 Å². The Bertz CT molecular complexity index is 775. The van der Waals surface area contributed by atoms with Gasteiger partial charge in [0.15, 0.2) is 0 Å². The molecule has 0 aliphatic heterocycles. The van der Waals surface area contributed by atoms with E-state index in [2.05, 4.69) is 15.3 Å². The zero-order valence-corrected chi connectivity index (χ0v) is 14.9. The van der Waals surface area contributed by atoms with Gasteiger partial charge in [0, 0.05) is 47.7 Å². The van der Waals surface area contributed by atoms with Gasteiger partial charge in [-0.1, -0.05) is 6.07 Å². The molecule has 0 fully saturated rings. The number of hydrogen-bond acceptors (Lipinski definition) is 6. The van der Waals surface area contributed by atoms with E-state index in [1.807, 2.05) is 48.7 Å². The predicted octanol–water partition coefficient (Wildman–Crippen LogP) is 3.22. The average Bonchev–Trinajstić information content (AvgIpc) is 3.09. The molecular weight excluding hydrogens is 334 g/mol. The molecule has 0 aliphatic carbocycles. The van der Waals surface area contributed by atoms with Crippen LogP contribution in [-0.2, 0) is 0 Å². The summed E-state index contributed by atoms with van der Waals surface area (Å²) in [6.45, 7) is 3.66. The van der Waals surface area contributed by atoms with Gasteiger partial charge in [0.2, 0.25) is 0 Å². The largest absolute Gasteiger partial charge is 0.492 e. The summed E-state index contributed by atoms with van der Waals surface area (Å²) in [6, 6.07) is 11.6. The lowest BCUT2D eigenvalue weighted by Crippen LogP contribution is -2.26. The van der Waals surface area contributed by atoms with Crippen LogP contribution >= 0.6 is 11.3 Å². The molecule has 0 amide bonds. The second-order valence-electron chi connectivity index (χ2n) is 5.67. The quantitative estimate of drug-likeness (QED) is 0.607. The number of rotatable bonds is 8. The third-order valence-corrected chi connectivity index (χ3v) is 4.68. The smallest absolute Gasteiger partial charge is 0.123 e. The number of ether oxygens (including phenoxy) is 1. The summed E-state index contributed by atoms with van der Waals surface area (Å²) < 4.78 is 5.72. The molecule has 0 saturated carbocycles. The topological polar surface area (TPSA) is 67.3 Å². The Labute approximate surface area is 151 Å². The third kappa shape index (κ3) is 5.09. The molecule has 5 nitrogen and oxygen atoms in total. The van der Waals surface area contributed by atoms with Gasteiger partial charge in [-0.15, -0.1) is 11.3 Å². The Kier molecular flexibility index (Phi) is 6.11. The predicted molar refractivity (Wildman–Crippen MR) is 99.8 cm³/mol. The van der Waals surface area contributed by atoms with E-state index >= 15 is 0 Å². The van der Waals surface area contributed by atoms with Gasteiger partial charge in [0.05, 0.1) is 6.10 Å². The van der Waals surface area contributed by atoms with E-state index in [4.69, 9.17) is 4.74 Å². The van der Waals surface area contributed by atoms with Crippen LogP contribution in [-0.4, -0.2) is 34.8 Å². The standard InChI is InChI=1S/C19H21N3O2S/c1-14-13-25-19(22-14)15-4-6-17(7-5-15)24-10-9-21-12-18(23)16-3-2-8-20-11-16/h2-8,11,13,18,21,23H,9-10,12H2,1H3. The SMILES string of the molecule is Cc1csc(-c2ccc(OCCNCC(O)c3cccnc3)cc2)n1. The van der Waals surface area contributed by atoms with Crippen LogP contribution in [0, 0.1) is 6.92 Å². The van der Waals surface area contributed by atoms with Crippen molar-refractivity contribution in [2.24, 2.45) is 0 Å². The van der Waals surface area contributed by atoms with Gasteiger partial charge in [-0.05, 0) is 37.3 Å². The van der Waals surface area contributed by atoms with E-state index in [0.717, 1.165) is 27.6 Å². The minimum atomic E-state index is -0.560. The van der Waals surface area contributed by atoms with Crippen molar-refractivity contribution in [3.8, 4) is 16.3 Å². The van der Waals surface area contributed by atoms with Crippen LogP contribution in [0.3, 0.4) is 0 Å². The molecule has 2 N–H and O–H groups in total. The summed E-state index contributed by atoms with van der Waals surface area (Å²) in [5.41, 5.74) is 2.95. The first-order valence-corrected chi connectivity index (χ1v) is 9.04. The second kappa shape index (κ2) is 8.71. The molecular formula is C19H21N3O2S. The molecule has 130 valence electrons. The lowest BCUT2D eigenvalue weighted by Gasteiger charge is -2.12. The first-order chi connectivity index (χ1) is 12.2. The van der Waals surface area contributed by atoms with Crippen LogP contribution in [0.25, 0.3) is 10.6 Å². The maximum atomic E-state index is 10.0. The highest BCUT2D eigenvalue weighted by Gasteiger charge is 2.06. The monoisotopic (exact) mass is 355 g/mol. The molecule has 3 aromatic rings. The van der Waals surface area contributed by atoms with E-state index in [0.29, 0.717) is 19.7 Å². The number of nitrogens with one attached hydrogen (secondary N) is 1. The zero-order chi connectivity index (χ0) is 17.5. The number of aromatic nitrogens is 2. The molecule has 0 aliphatic rings. The van der Waals surface area contributed by atoms with Crippen LogP contribution in [0.1, 0.15) is 17.4 Å². The van der Waals surface area contributed by atoms with Crippen LogP contribution in [0.4, 0.5) is 0 Å². The summed E-state index contributed by atoms with van der Waals surface area (Å²) in [5.74, 6) is 0.826. The molecule has 0 spiro atoms. The first-order valence-electron chi connectivity index (χ1n) is 8.16. The fourth-order valence-corrected chi connectivity index (χ4v) is 3.15. The van der Waals surface area contributed by atoms with Gasteiger partial charge in [0.1, 0.15) is 17.4 Å². The number of aryl methyl sites for hydroxylation is 1. The molecule has 1 unspecified atom stereocenters. The molecule has 0 saturated heterocycles. The fraction of sp³-hybridized carbons (Fsp3) is 0.263. The first kappa shape index (κ1) is 17.5. The summed E-state index contributed by atoms with van der Waals surface area (Å²) in [7, 11) is 0. The fourth-order valence-electron chi connectivity index (χ4n) is 2.35. The van der Waals surface area contributed by atoms with Crippen molar-refractivity contribution in [2.45, 2.75) is 13.0 Å². The highest BCUT2D eigenvalue weighted by molar-refractivity contribution is 7.13. The minimum Gasteiger partial charge on any atom is -0.492 e. The number of aliphatic hydroxyl groups excluding tert-OH is 1. The minimum absolute atomic E-state index is 0.470. The number of hydrogen-bond donors (Lipinski definition) is 2. The molecule has 2 heterocycles. The van der Waals surface area contributed by atoms with Gasteiger partial charge in [0.25, 0.3) is 0 Å². The molecule has 25 heavy (non-hydrogen) atoms. The van der Waals surface area contributed by atoms with Crippen LogP contribution in [0.15, 0.2) is 54.2 Å². The molecule has 6 heteroatoms. The van der Waals surface area contributed by atoms with Gasteiger partial charge in [-0.25, -0.2) is 4.98 Å². The van der Waals surface area contributed by atoms with Gasteiger partial charge in [-0.3, -0.25) is 4.98 Å². The van der Waals surface area contributed by atoms with E-state index in [-0.39, 0.29) is 0 Å². The molecule has 3 rings (SSSR count). The number of pyridine rings is 1. The second-order valence-corrected chi connectivity index (χ2v) is 6.53. The molecule has 0 radical (unpaired) electrons. The molecule has 1 atom stereocenters. The summed E-state index contributed by atoms with van der Waals surface area (Å²) in [4.78, 5) is 8.48. The van der Waals surface area contributed by atoms with E-state index in [9.17, 15) is 5.11 Å². The Morgan fingerprint density at radius 2 is 2.08 bits per heavy atom. The van der Waals surface area contributed by atoms with Crippen molar-refractivity contribution >= 4 is 11.3 Å². The Hall–Kier alpha value is -2.28. The number of benzene rings is 1. The lowest BCUT2D eigenvalue weighted by atomic mass is 10.1. The van der Waals surface area contributed by atoms with Crippen LogP contribution < -0.4 is 10.1 Å². The summed E-state index contributed by atoms with van der Waals surface area (Å²) in [6.07, 6.45) is 2.81. The third-order valence-electron chi connectivity index (χ3n) is 3.67. The number of aliphatic hydroxyl groups is 1. The van der Waals surface area contributed by atoms with Crippen molar-refractivity contribution in [3.05, 3.63) is 65.4 Å². The highest BCUT2D eigenvalue weighted by Crippen LogP contribution is 2.25. The molecule has 2 aromatic heterocycles. The summed E-state index contributed by atoms with van der Waals surface area (Å²) >= 11 is 1.64. The van der Waals surface area contributed by atoms with Crippen LogP contribution in [0.2, 0.25) is 0 Å². The Morgan fingerprint density at radius 3 is 2.76 bits per heavy atom. The van der Waals surface area contributed by atoms with E-state index < -0.39 is 6.10 Å². The van der Waals surface area contributed by atoms with Crippen molar-refractivity contribution < 1.29 is 9.84 Å². The van der Waals surface area contributed by atoms with Gasteiger partial charge < -0.3 is 15.2 Å². The number of thiazole rings is 1. The average molecular weight is 355 g/mol. The maximum Gasteiger partial charge on any atom is 0.123 e. The van der Waals surface area contributed by atoms with Gasteiger partial charge >= 0.3 is 0 Å². The summed E-state index contributed by atoms with van der Waals surface area (Å²) in [5, 5.41) is 16.3.